The van der Waals surface area contributed by atoms with Crippen LogP contribution in [0.25, 0.3) is 0 Å². The predicted molar refractivity (Wildman–Crippen MR) is 64.5 cm³/mol. The lowest BCUT2D eigenvalue weighted by atomic mass is 10.1. The fourth-order valence-electron chi connectivity index (χ4n) is 1.88. The number of rotatable bonds is 4. The van der Waals surface area contributed by atoms with Crippen molar-refractivity contribution in [2.75, 3.05) is 6.54 Å². The van der Waals surface area contributed by atoms with E-state index in [1.165, 1.54) is 24.8 Å². The minimum atomic E-state index is 1.02. The number of fused-ring (bicyclic) bond motifs is 1. The summed E-state index contributed by atoms with van der Waals surface area (Å²) in [7, 11) is 0. The maximum absolute atomic E-state index is 4.45. The molecule has 80 valence electrons. The first-order chi connectivity index (χ1) is 7.40. The summed E-state index contributed by atoms with van der Waals surface area (Å²) in [6.07, 6.45) is 5.84. The molecule has 2 heteroatoms. The zero-order chi connectivity index (χ0) is 10.5. The second-order valence-electron chi connectivity index (χ2n) is 4.05. The second-order valence-corrected chi connectivity index (χ2v) is 4.05. The number of nitrogens with zero attached hydrogens (tertiary/aromatic N) is 2. The SMILES string of the molecule is CCCCCN1C=Nc2ccccc2C1. The molecule has 0 radical (unpaired) electrons. The molecule has 2 nitrogen and oxygen atoms in total. The third kappa shape index (κ3) is 2.58. The molecule has 0 bridgehead atoms. The highest BCUT2D eigenvalue weighted by Gasteiger charge is 2.09. The van der Waals surface area contributed by atoms with Crippen LogP contribution in [0.1, 0.15) is 31.7 Å². The molecule has 1 aliphatic rings. The van der Waals surface area contributed by atoms with Gasteiger partial charge in [0, 0.05) is 13.1 Å². The number of unbranched alkanes of at least 4 members (excludes halogenated alkanes) is 2. The van der Waals surface area contributed by atoms with Crippen molar-refractivity contribution in [1.82, 2.24) is 4.90 Å². The van der Waals surface area contributed by atoms with E-state index in [0.29, 0.717) is 0 Å². The Hall–Kier alpha value is -1.31. The molecule has 1 aromatic carbocycles. The van der Waals surface area contributed by atoms with Gasteiger partial charge in [-0.05, 0) is 18.1 Å². The Morgan fingerprint density at radius 3 is 3.00 bits per heavy atom. The van der Waals surface area contributed by atoms with Crippen molar-refractivity contribution in [3.8, 4) is 0 Å². The third-order valence-corrected chi connectivity index (χ3v) is 2.77. The predicted octanol–water partition coefficient (Wildman–Crippen LogP) is 3.35. The summed E-state index contributed by atoms with van der Waals surface area (Å²) < 4.78 is 0. The highest BCUT2D eigenvalue weighted by atomic mass is 15.2. The van der Waals surface area contributed by atoms with Gasteiger partial charge in [0.25, 0.3) is 0 Å². The Morgan fingerprint density at radius 2 is 2.13 bits per heavy atom. The average molecular weight is 202 g/mol. The van der Waals surface area contributed by atoms with Crippen LogP contribution in [-0.2, 0) is 6.54 Å². The Kier molecular flexibility index (Phi) is 3.38. The van der Waals surface area contributed by atoms with E-state index in [4.69, 9.17) is 0 Å². The van der Waals surface area contributed by atoms with Crippen LogP contribution in [0.2, 0.25) is 0 Å². The number of hydrogen-bond donors (Lipinski definition) is 0. The Labute approximate surface area is 91.6 Å². The lowest BCUT2D eigenvalue weighted by molar-refractivity contribution is 0.404. The van der Waals surface area contributed by atoms with Crippen molar-refractivity contribution in [2.45, 2.75) is 32.7 Å². The lowest BCUT2D eigenvalue weighted by Crippen LogP contribution is -2.24. The van der Waals surface area contributed by atoms with E-state index in [0.717, 1.165) is 18.8 Å². The Balaban J connectivity index is 1.94. The average Bonchev–Trinajstić information content (AvgIpc) is 2.29. The monoisotopic (exact) mass is 202 g/mol. The first kappa shape index (κ1) is 10.2. The van der Waals surface area contributed by atoms with Gasteiger partial charge in [-0.3, -0.25) is 0 Å². The molecule has 0 saturated heterocycles. The molecule has 1 aromatic rings. The molecule has 15 heavy (non-hydrogen) atoms. The van der Waals surface area contributed by atoms with Crippen molar-refractivity contribution in [3.63, 3.8) is 0 Å². The summed E-state index contributed by atoms with van der Waals surface area (Å²) in [5.41, 5.74) is 2.47. The molecule has 2 rings (SSSR count). The maximum atomic E-state index is 4.45. The van der Waals surface area contributed by atoms with Crippen LogP contribution in [0.3, 0.4) is 0 Å². The van der Waals surface area contributed by atoms with Crippen LogP contribution >= 0.6 is 0 Å². The van der Waals surface area contributed by atoms with Crippen molar-refractivity contribution in [3.05, 3.63) is 29.8 Å². The number of benzene rings is 1. The molecule has 0 saturated carbocycles. The quantitative estimate of drug-likeness (QED) is 0.684. The molecule has 0 atom stereocenters. The fourth-order valence-corrected chi connectivity index (χ4v) is 1.88. The molecule has 1 heterocycles. The molecule has 0 unspecified atom stereocenters. The smallest absolute Gasteiger partial charge is 0.0915 e. The van der Waals surface area contributed by atoms with Gasteiger partial charge in [-0.25, -0.2) is 4.99 Å². The lowest BCUT2D eigenvalue weighted by Gasteiger charge is -2.24. The fraction of sp³-hybridized carbons (Fsp3) is 0.462. The van der Waals surface area contributed by atoms with E-state index in [2.05, 4.69) is 35.0 Å². The normalized spacial score (nSPS) is 14.1. The van der Waals surface area contributed by atoms with Crippen molar-refractivity contribution in [2.24, 2.45) is 4.99 Å². The number of para-hydroxylation sites is 1. The standard InChI is InChI=1S/C13H18N2/c1-2-3-6-9-15-10-12-7-4-5-8-13(12)14-11-15/h4-5,7-8,11H,2-3,6,9-10H2,1H3. The van der Waals surface area contributed by atoms with Crippen molar-refractivity contribution < 1.29 is 0 Å². The first-order valence-corrected chi connectivity index (χ1v) is 5.76. The third-order valence-electron chi connectivity index (χ3n) is 2.77. The molecule has 0 amide bonds. The van der Waals surface area contributed by atoms with Gasteiger partial charge >= 0.3 is 0 Å². The molecule has 0 aliphatic carbocycles. The summed E-state index contributed by atoms with van der Waals surface area (Å²) in [5, 5.41) is 0. The van der Waals surface area contributed by atoms with Gasteiger partial charge in [0.2, 0.25) is 0 Å². The highest BCUT2D eigenvalue weighted by molar-refractivity contribution is 5.66. The van der Waals surface area contributed by atoms with Crippen molar-refractivity contribution >= 4 is 12.0 Å². The minimum absolute atomic E-state index is 1.02. The summed E-state index contributed by atoms with van der Waals surface area (Å²) >= 11 is 0. The Morgan fingerprint density at radius 1 is 1.27 bits per heavy atom. The number of aliphatic imine (C=N–C) groups is 1. The topological polar surface area (TPSA) is 15.6 Å². The van der Waals surface area contributed by atoms with Crippen LogP contribution in [-0.4, -0.2) is 17.8 Å². The number of hydrogen-bond acceptors (Lipinski definition) is 2. The van der Waals surface area contributed by atoms with E-state index >= 15 is 0 Å². The molecular weight excluding hydrogens is 184 g/mol. The van der Waals surface area contributed by atoms with Gasteiger partial charge in [0.1, 0.15) is 0 Å². The van der Waals surface area contributed by atoms with E-state index in [9.17, 15) is 0 Å². The summed E-state index contributed by atoms with van der Waals surface area (Å²) in [6, 6.07) is 8.38. The van der Waals surface area contributed by atoms with Gasteiger partial charge in [-0.15, -0.1) is 0 Å². The Bertz CT molecular complexity index is 344. The summed E-state index contributed by atoms with van der Waals surface area (Å²) in [5.74, 6) is 0. The van der Waals surface area contributed by atoms with Gasteiger partial charge in [-0.2, -0.15) is 0 Å². The maximum Gasteiger partial charge on any atom is 0.0915 e. The largest absolute Gasteiger partial charge is 0.358 e. The molecule has 1 aliphatic heterocycles. The molecule has 0 fully saturated rings. The zero-order valence-electron chi connectivity index (χ0n) is 9.32. The van der Waals surface area contributed by atoms with E-state index in [-0.39, 0.29) is 0 Å². The summed E-state index contributed by atoms with van der Waals surface area (Å²) in [6.45, 7) is 4.38. The van der Waals surface area contributed by atoms with Gasteiger partial charge < -0.3 is 4.90 Å². The second kappa shape index (κ2) is 4.96. The van der Waals surface area contributed by atoms with Gasteiger partial charge in [0.15, 0.2) is 0 Å². The van der Waals surface area contributed by atoms with Crippen molar-refractivity contribution in [1.29, 1.82) is 0 Å². The van der Waals surface area contributed by atoms with Crippen LogP contribution < -0.4 is 0 Å². The molecule has 0 aromatic heterocycles. The zero-order valence-corrected chi connectivity index (χ0v) is 9.32. The van der Waals surface area contributed by atoms with Gasteiger partial charge in [-0.1, -0.05) is 38.0 Å². The molecular formula is C13H18N2. The van der Waals surface area contributed by atoms with Crippen LogP contribution in [0.15, 0.2) is 29.3 Å². The minimum Gasteiger partial charge on any atom is -0.358 e. The van der Waals surface area contributed by atoms with E-state index in [1.807, 2.05) is 12.4 Å². The van der Waals surface area contributed by atoms with Crippen LogP contribution in [0.5, 0.6) is 0 Å². The first-order valence-electron chi connectivity index (χ1n) is 5.76. The highest BCUT2D eigenvalue weighted by Crippen LogP contribution is 2.23. The molecule has 0 N–H and O–H groups in total. The van der Waals surface area contributed by atoms with E-state index in [1.54, 1.807) is 0 Å². The molecule has 0 spiro atoms. The van der Waals surface area contributed by atoms with Crippen LogP contribution in [0.4, 0.5) is 5.69 Å². The van der Waals surface area contributed by atoms with Gasteiger partial charge in [0.05, 0.1) is 12.0 Å². The summed E-state index contributed by atoms with van der Waals surface area (Å²) in [4.78, 5) is 6.76. The van der Waals surface area contributed by atoms with Crippen LogP contribution in [0, 0.1) is 0 Å². The van der Waals surface area contributed by atoms with E-state index < -0.39 is 0 Å².